The van der Waals surface area contributed by atoms with Crippen LogP contribution in [0.3, 0.4) is 0 Å². The minimum absolute atomic E-state index is 0.0292. The van der Waals surface area contributed by atoms with Crippen LogP contribution in [0.2, 0.25) is 0 Å². The Labute approximate surface area is 107 Å². The van der Waals surface area contributed by atoms with E-state index in [9.17, 15) is 18.3 Å². The highest BCUT2D eigenvalue weighted by Gasteiger charge is 2.35. The number of hydrogen-bond acceptors (Lipinski definition) is 2. The number of alkyl halides is 3. The molecule has 2 nitrogen and oxygen atoms in total. The van der Waals surface area contributed by atoms with E-state index in [-0.39, 0.29) is 12.0 Å². The van der Waals surface area contributed by atoms with Gasteiger partial charge in [0.1, 0.15) is 0 Å². The molecule has 5 heteroatoms. The number of aliphatic hydroxyl groups excluding tert-OH is 1. The average molecular weight is 267 g/mol. The molecule has 0 heterocycles. The molecule has 3 unspecified atom stereocenters. The summed E-state index contributed by atoms with van der Waals surface area (Å²) in [7, 11) is 0. The van der Waals surface area contributed by atoms with Crippen molar-refractivity contribution in [2.24, 2.45) is 11.8 Å². The van der Waals surface area contributed by atoms with Gasteiger partial charge in [0.2, 0.25) is 0 Å². The first-order valence-electron chi connectivity index (χ1n) is 6.68. The molecule has 0 bridgehead atoms. The molecular formula is C13H24F3NO. The van der Waals surface area contributed by atoms with E-state index in [1.807, 2.05) is 0 Å². The van der Waals surface area contributed by atoms with E-state index in [2.05, 4.69) is 6.92 Å². The quantitative estimate of drug-likeness (QED) is 0.846. The van der Waals surface area contributed by atoms with Crippen molar-refractivity contribution in [3.8, 4) is 0 Å². The lowest BCUT2D eigenvalue weighted by Gasteiger charge is -2.37. The van der Waals surface area contributed by atoms with Gasteiger partial charge >= 0.3 is 6.18 Å². The maximum atomic E-state index is 12.5. The highest BCUT2D eigenvalue weighted by atomic mass is 19.4. The van der Waals surface area contributed by atoms with Gasteiger partial charge in [-0.15, -0.1) is 0 Å². The van der Waals surface area contributed by atoms with Crippen molar-refractivity contribution in [2.75, 3.05) is 13.1 Å². The van der Waals surface area contributed by atoms with Crippen molar-refractivity contribution in [3.63, 3.8) is 0 Å². The fraction of sp³-hybridized carbons (Fsp3) is 1.00. The summed E-state index contributed by atoms with van der Waals surface area (Å²) in [4.78, 5) is 1.42. The van der Waals surface area contributed by atoms with Crippen LogP contribution in [-0.4, -0.2) is 41.4 Å². The standard InChI is InChI=1S/C13H24F3NO/c1-9(2)17(8-13(14,15)16)7-11-6-10(3)4-5-12(11)18/h9-12,18H,4-8H2,1-3H3. The zero-order valence-corrected chi connectivity index (χ0v) is 11.4. The summed E-state index contributed by atoms with van der Waals surface area (Å²) in [6, 6.07) is -0.156. The molecule has 0 aromatic rings. The Balaban J connectivity index is 2.59. The largest absolute Gasteiger partial charge is 0.401 e. The van der Waals surface area contributed by atoms with Gasteiger partial charge < -0.3 is 5.11 Å². The zero-order valence-electron chi connectivity index (χ0n) is 11.4. The highest BCUT2D eigenvalue weighted by molar-refractivity contribution is 4.82. The monoisotopic (exact) mass is 267 g/mol. The summed E-state index contributed by atoms with van der Waals surface area (Å²) >= 11 is 0. The molecular weight excluding hydrogens is 243 g/mol. The molecule has 0 radical (unpaired) electrons. The smallest absolute Gasteiger partial charge is 0.393 e. The van der Waals surface area contributed by atoms with Gasteiger partial charge in [0, 0.05) is 12.6 Å². The van der Waals surface area contributed by atoms with Crippen LogP contribution in [-0.2, 0) is 0 Å². The normalized spacial score (nSPS) is 30.2. The Kier molecular flexibility index (Phi) is 5.46. The third kappa shape index (κ3) is 5.14. The van der Waals surface area contributed by atoms with E-state index < -0.39 is 18.8 Å². The second-order valence-electron chi connectivity index (χ2n) is 5.88. The van der Waals surface area contributed by atoms with Crippen LogP contribution in [0.25, 0.3) is 0 Å². The van der Waals surface area contributed by atoms with Crippen LogP contribution < -0.4 is 0 Å². The maximum absolute atomic E-state index is 12.5. The van der Waals surface area contributed by atoms with Crippen LogP contribution in [0.15, 0.2) is 0 Å². The van der Waals surface area contributed by atoms with Crippen LogP contribution >= 0.6 is 0 Å². The molecule has 1 aliphatic carbocycles. The van der Waals surface area contributed by atoms with Gasteiger partial charge in [0.15, 0.2) is 0 Å². The van der Waals surface area contributed by atoms with Gasteiger partial charge in [-0.1, -0.05) is 6.92 Å². The lowest BCUT2D eigenvalue weighted by Crippen LogP contribution is -2.45. The molecule has 0 spiro atoms. The minimum Gasteiger partial charge on any atom is -0.393 e. The maximum Gasteiger partial charge on any atom is 0.401 e. The summed E-state index contributed by atoms with van der Waals surface area (Å²) in [6.45, 7) is 5.09. The summed E-state index contributed by atoms with van der Waals surface area (Å²) in [5, 5.41) is 9.91. The molecule has 0 amide bonds. The number of rotatable bonds is 4. The Bertz CT molecular complexity index is 255. The van der Waals surface area contributed by atoms with Gasteiger partial charge in [-0.3, -0.25) is 4.90 Å². The molecule has 0 aromatic carbocycles. The van der Waals surface area contributed by atoms with Crippen LogP contribution in [0.4, 0.5) is 13.2 Å². The molecule has 1 saturated carbocycles. The van der Waals surface area contributed by atoms with E-state index in [1.165, 1.54) is 4.90 Å². The van der Waals surface area contributed by atoms with Crippen LogP contribution in [0, 0.1) is 11.8 Å². The number of aliphatic hydroxyl groups is 1. The van der Waals surface area contributed by atoms with Crippen molar-refractivity contribution in [2.45, 2.75) is 58.4 Å². The Hall–Kier alpha value is -0.290. The predicted octanol–water partition coefficient (Wildman–Crippen LogP) is 3.06. The fourth-order valence-electron chi connectivity index (χ4n) is 2.67. The van der Waals surface area contributed by atoms with Gasteiger partial charge in [0.25, 0.3) is 0 Å². The lowest BCUT2D eigenvalue weighted by atomic mass is 9.80. The first kappa shape index (κ1) is 15.8. The van der Waals surface area contributed by atoms with Crippen molar-refractivity contribution >= 4 is 0 Å². The van der Waals surface area contributed by atoms with E-state index in [4.69, 9.17) is 0 Å². The number of nitrogens with zero attached hydrogens (tertiary/aromatic N) is 1. The molecule has 1 aliphatic rings. The molecule has 0 aromatic heterocycles. The first-order valence-corrected chi connectivity index (χ1v) is 6.68. The van der Waals surface area contributed by atoms with Crippen molar-refractivity contribution in [1.82, 2.24) is 4.90 Å². The minimum atomic E-state index is -4.17. The summed E-state index contributed by atoms with van der Waals surface area (Å²) < 4.78 is 37.5. The summed E-state index contributed by atoms with van der Waals surface area (Å²) in [5.41, 5.74) is 0. The van der Waals surface area contributed by atoms with Crippen LogP contribution in [0.1, 0.15) is 40.0 Å². The Morgan fingerprint density at radius 1 is 1.28 bits per heavy atom. The Morgan fingerprint density at radius 3 is 2.39 bits per heavy atom. The third-order valence-corrected chi connectivity index (χ3v) is 3.79. The van der Waals surface area contributed by atoms with Crippen LogP contribution in [0.5, 0.6) is 0 Å². The lowest BCUT2D eigenvalue weighted by molar-refractivity contribution is -0.153. The average Bonchev–Trinajstić information content (AvgIpc) is 2.20. The fourth-order valence-corrected chi connectivity index (χ4v) is 2.67. The SMILES string of the molecule is CC1CCC(O)C(CN(CC(F)(F)F)C(C)C)C1. The summed E-state index contributed by atoms with van der Waals surface area (Å²) in [5.74, 6) is 0.469. The van der Waals surface area contributed by atoms with E-state index in [0.29, 0.717) is 18.9 Å². The molecule has 108 valence electrons. The Morgan fingerprint density at radius 2 is 1.89 bits per heavy atom. The first-order chi connectivity index (χ1) is 8.19. The third-order valence-electron chi connectivity index (χ3n) is 3.79. The second-order valence-corrected chi connectivity index (χ2v) is 5.88. The molecule has 1 rings (SSSR count). The summed E-state index contributed by atoms with van der Waals surface area (Å²) in [6.07, 6.45) is -2.11. The molecule has 1 N–H and O–H groups in total. The number of hydrogen-bond donors (Lipinski definition) is 1. The van der Waals surface area contributed by atoms with Crippen molar-refractivity contribution in [1.29, 1.82) is 0 Å². The van der Waals surface area contributed by atoms with Crippen molar-refractivity contribution < 1.29 is 18.3 Å². The van der Waals surface area contributed by atoms with E-state index >= 15 is 0 Å². The zero-order chi connectivity index (χ0) is 13.9. The van der Waals surface area contributed by atoms with Gasteiger partial charge in [-0.05, 0) is 44.9 Å². The van der Waals surface area contributed by atoms with Gasteiger partial charge in [-0.25, -0.2) is 0 Å². The highest BCUT2D eigenvalue weighted by Crippen LogP contribution is 2.30. The van der Waals surface area contributed by atoms with E-state index in [1.54, 1.807) is 13.8 Å². The van der Waals surface area contributed by atoms with E-state index in [0.717, 1.165) is 12.8 Å². The van der Waals surface area contributed by atoms with Gasteiger partial charge in [-0.2, -0.15) is 13.2 Å². The molecule has 1 fully saturated rings. The molecule has 18 heavy (non-hydrogen) atoms. The predicted molar refractivity (Wildman–Crippen MR) is 65.3 cm³/mol. The topological polar surface area (TPSA) is 23.5 Å². The van der Waals surface area contributed by atoms with Crippen molar-refractivity contribution in [3.05, 3.63) is 0 Å². The molecule has 0 aliphatic heterocycles. The number of halogens is 3. The van der Waals surface area contributed by atoms with Gasteiger partial charge in [0.05, 0.1) is 12.6 Å². The molecule has 3 atom stereocenters. The second kappa shape index (κ2) is 6.24. The molecule has 0 saturated heterocycles.